The van der Waals surface area contributed by atoms with Crippen LogP contribution in [0.5, 0.6) is 0 Å². The summed E-state index contributed by atoms with van der Waals surface area (Å²) >= 11 is 2.78. The second-order valence-electron chi connectivity index (χ2n) is 8.32. The molecule has 174 valence electrons. The van der Waals surface area contributed by atoms with Gasteiger partial charge in [0.25, 0.3) is 5.56 Å². The van der Waals surface area contributed by atoms with E-state index in [0.717, 1.165) is 52.9 Å². The standard InChI is InChI=1S/C24H28N4O3S2/c1-5-25-23(31)26-20(29)15(4)32-24-27-21-19(16-8-6-7-9-18(16)33-21)22(30)28(24)17-11-10-13(2)12-14(17)3/h10-12,15H,5-9H2,1-4H3,(H2,25,26,29,31). The molecule has 0 aliphatic heterocycles. The van der Waals surface area contributed by atoms with Crippen LogP contribution in [0.2, 0.25) is 0 Å². The number of nitrogens with one attached hydrogen (secondary N) is 2. The summed E-state index contributed by atoms with van der Waals surface area (Å²) in [4.78, 5) is 45.1. The molecule has 0 bridgehead atoms. The van der Waals surface area contributed by atoms with Crippen molar-refractivity contribution < 1.29 is 9.59 Å². The summed E-state index contributed by atoms with van der Waals surface area (Å²) < 4.78 is 1.64. The minimum atomic E-state index is -0.622. The Kier molecular flexibility index (Phi) is 6.90. The van der Waals surface area contributed by atoms with Crippen molar-refractivity contribution >= 4 is 45.3 Å². The van der Waals surface area contributed by atoms with Gasteiger partial charge in [0, 0.05) is 11.4 Å². The van der Waals surface area contributed by atoms with E-state index in [2.05, 4.69) is 10.6 Å². The average Bonchev–Trinajstić information content (AvgIpc) is 3.13. The molecular weight excluding hydrogens is 456 g/mol. The lowest BCUT2D eigenvalue weighted by Gasteiger charge is -2.17. The van der Waals surface area contributed by atoms with Crippen LogP contribution in [0.4, 0.5) is 4.79 Å². The lowest BCUT2D eigenvalue weighted by atomic mass is 9.97. The van der Waals surface area contributed by atoms with Gasteiger partial charge in [-0.2, -0.15) is 0 Å². The number of thiophene rings is 1. The highest BCUT2D eigenvalue weighted by Gasteiger charge is 2.26. The third-order valence-electron chi connectivity index (χ3n) is 5.78. The quantitative estimate of drug-likeness (QED) is 0.417. The van der Waals surface area contributed by atoms with Crippen molar-refractivity contribution in [2.45, 2.75) is 63.8 Å². The number of carbonyl (C=O) groups excluding carboxylic acids is 2. The number of thioether (sulfide) groups is 1. The summed E-state index contributed by atoms with van der Waals surface area (Å²) in [6, 6.07) is 5.41. The second kappa shape index (κ2) is 9.69. The maximum atomic E-state index is 13.9. The molecule has 1 aliphatic carbocycles. The topological polar surface area (TPSA) is 93.1 Å². The minimum absolute atomic E-state index is 0.0924. The zero-order valence-electron chi connectivity index (χ0n) is 19.3. The highest BCUT2D eigenvalue weighted by atomic mass is 32.2. The fourth-order valence-electron chi connectivity index (χ4n) is 4.16. The molecule has 9 heteroatoms. The molecule has 4 rings (SSSR count). The normalized spacial score (nSPS) is 14.1. The van der Waals surface area contributed by atoms with Gasteiger partial charge in [-0.1, -0.05) is 29.5 Å². The van der Waals surface area contributed by atoms with E-state index in [0.29, 0.717) is 17.1 Å². The van der Waals surface area contributed by atoms with E-state index >= 15 is 0 Å². The van der Waals surface area contributed by atoms with E-state index in [1.807, 2.05) is 32.0 Å². The first-order valence-electron chi connectivity index (χ1n) is 11.2. The molecule has 7 nitrogen and oxygen atoms in total. The molecular formula is C24H28N4O3S2. The maximum absolute atomic E-state index is 13.9. The third-order valence-corrected chi connectivity index (χ3v) is 8.01. The molecule has 1 atom stereocenters. The lowest BCUT2D eigenvalue weighted by Crippen LogP contribution is -2.42. The second-order valence-corrected chi connectivity index (χ2v) is 10.7. The fraction of sp³-hybridized carbons (Fsp3) is 0.417. The van der Waals surface area contributed by atoms with Gasteiger partial charge in [0.1, 0.15) is 4.83 Å². The van der Waals surface area contributed by atoms with Crippen molar-refractivity contribution in [3.63, 3.8) is 0 Å². The van der Waals surface area contributed by atoms with Gasteiger partial charge in [-0.3, -0.25) is 19.5 Å². The smallest absolute Gasteiger partial charge is 0.321 e. The summed E-state index contributed by atoms with van der Waals surface area (Å²) in [6.45, 7) is 7.90. The number of imide groups is 1. The van der Waals surface area contributed by atoms with Gasteiger partial charge >= 0.3 is 6.03 Å². The van der Waals surface area contributed by atoms with Crippen LogP contribution < -0.4 is 16.2 Å². The molecule has 3 aromatic rings. The van der Waals surface area contributed by atoms with Crippen molar-refractivity contribution in [1.29, 1.82) is 0 Å². The zero-order chi connectivity index (χ0) is 23.7. The number of hydrogen-bond donors (Lipinski definition) is 2. The van der Waals surface area contributed by atoms with Crippen LogP contribution >= 0.6 is 23.1 Å². The van der Waals surface area contributed by atoms with Crippen LogP contribution in [-0.4, -0.2) is 33.3 Å². The van der Waals surface area contributed by atoms with E-state index in [1.54, 1.807) is 29.8 Å². The summed E-state index contributed by atoms with van der Waals surface area (Å²) in [5.74, 6) is -0.432. The van der Waals surface area contributed by atoms with Gasteiger partial charge in [-0.25, -0.2) is 9.78 Å². The predicted molar refractivity (Wildman–Crippen MR) is 134 cm³/mol. The number of urea groups is 1. The van der Waals surface area contributed by atoms with Crippen molar-refractivity contribution in [2.75, 3.05) is 6.54 Å². The Morgan fingerprint density at radius 1 is 1.24 bits per heavy atom. The zero-order valence-corrected chi connectivity index (χ0v) is 20.9. The highest BCUT2D eigenvalue weighted by Crippen LogP contribution is 2.36. The summed E-state index contributed by atoms with van der Waals surface area (Å²) in [5, 5.41) is 5.45. The number of carbonyl (C=O) groups is 2. The Morgan fingerprint density at radius 2 is 2.00 bits per heavy atom. The van der Waals surface area contributed by atoms with Gasteiger partial charge < -0.3 is 5.32 Å². The molecule has 1 aromatic carbocycles. The van der Waals surface area contributed by atoms with Crippen molar-refractivity contribution in [3.8, 4) is 5.69 Å². The summed E-state index contributed by atoms with van der Waals surface area (Å²) in [6.07, 6.45) is 4.09. The first kappa shape index (κ1) is 23.5. The first-order chi connectivity index (χ1) is 15.8. The summed E-state index contributed by atoms with van der Waals surface area (Å²) in [7, 11) is 0. The number of benzene rings is 1. The Morgan fingerprint density at radius 3 is 2.73 bits per heavy atom. The molecule has 2 heterocycles. The molecule has 0 fully saturated rings. The van der Waals surface area contributed by atoms with Gasteiger partial charge in [-0.05, 0) is 70.6 Å². The lowest BCUT2D eigenvalue weighted by molar-refractivity contribution is -0.119. The number of fused-ring (bicyclic) bond motifs is 3. The molecule has 0 radical (unpaired) electrons. The van der Waals surface area contributed by atoms with Crippen LogP contribution in [0.3, 0.4) is 0 Å². The van der Waals surface area contributed by atoms with Crippen LogP contribution in [0.25, 0.3) is 15.9 Å². The van der Waals surface area contributed by atoms with Crippen LogP contribution in [-0.2, 0) is 17.6 Å². The average molecular weight is 485 g/mol. The SMILES string of the molecule is CCNC(=O)NC(=O)C(C)Sc1nc2sc3c(c2c(=O)n1-c1ccc(C)cc1C)CCCC3. The fourth-order valence-corrected chi connectivity index (χ4v) is 6.39. The molecule has 0 saturated heterocycles. The molecule has 0 spiro atoms. The Balaban J connectivity index is 1.83. The molecule has 1 aliphatic rings. The number of aryl methyl sites for hydroxylation is 4. The van der Waals surface area contributed by atoms with Crippen LogP contribution in [0, 0.1) is 13.8 Å². The first-order valence-corrected chi connectivity index (χ1v) is 12.9. The van der Waals surface area contributed by atoms with E-state index < -0.39 is 17.2 Å². The van der Waals surface area contributed by atoms with E-state index in [9.17, 15) is 14.4 Å². The van der Waals surface area contributed by atoms with E-state index in [4.69, 9.17) is 4.98 Å². The number of aromatic nitrogens is 2. The van der Waals surface area contributed by atoms with E-state index in [-0.39, 0.29) is 5.56 Å². The molecule has 2 N–H and O–H groups in total. The number of amides is 3. The van der Waals surface area contributed by atoms with Gasteiger partial charge in [-0.15, -0.1) is 11.3 Å². The monoisotopic (exact) mass is 484 g/mol. The van der Waals surface area contributed by atoms with Gasteiger partial charge in [0.2, 0.25) is 5.91 Å². The van der Waals surface area contributed by atoms with Gasteiger partial charge in [0.15, 0.2) is 5.16 Å². The Hall–Kier alpha value is -2.65. The van der Waals surface area contributed by atoms with Crippen LogP contribution in [0.15, 0.2) is 28.2 Å². The van der Waals surface area contributed by atoms with E-state index in [1.165, 1.54) is 16.6 Å². The number of nitrogens with zero attached hydrogens (tertiary/aromatic N) is 2. The van der Waals surface area contributed by atoms with Crippen molar-refractivity contribution in [1.82, 2.24) is 20.2 Å². The Labute approximate surface area is 201 Å². The number of hydrogen-bond acceptors (Lipinski definition) is 6. The predicted octanol–water partition coefficient (Wildman–Crippen LogP) is 4.27. The minimum Gasteiger partial charge on any atom is -0.338 e. The molecule has 3 amide bonds. The van der Waals surface area contributed by atoms with Crippen LogP contribution in [0.1, 0.15) is 48.3 Å². The molecule has 1 unspecified atom stereocenters. The number of rotatable bonds is 5. The highest BCUT2D eigenvalue weighted by molar-refractivity contribution is 8.00. The molecule has 0 saturated carbocycles. The molecule has 33 heavy (non-hydrogen) atoms. The van der Waals surface area contributed by atoms with Crippen molar-refractivity contribution in [3.05, 3.63) is 50.1 Å². The maximum Gasteiger partial charge on any atom is 0.321 e. The third kappa shape index (κ3) is 4.70. The van der Waals surface area contributed by atoms with Gasteiger partial charge in [0.05, 0.1) is 16.3 Å². The van der Waals surface area contributed by atoms with Crippen molar-refractivity contribution in [2.24, 2.45) is 0 Å². The Bertz CT molecular complexity index is 1300. The largest absolute Gasteiger partial charge is 0.338 e. The molecule has 2 aromatic heterocycles. The summed E-state index contributed by atoms with van der Waals surface area (Å²) in [5.41, 5.74) is 3.87.